The lowest BCUT2D eigenvalue weighted by atomic mass is 9.92. The van der Waals surface area contributed by atoms with Crippen LogP contribution in [0.15, 0.2) is 22.9 Å². The molecule has 0 spiro atoms. The Morgan fingerprint density at radius 3 is 3.12 bits per heavy atom. The summed E-state index contributed by atoms with van der Waals surface area (Å²) in [5.41, 5.74) is 1.16. The number of nitrogens with one attached hydrogen (secondary N) is 2. The van der Waals surface area contributed by atoms with Crippen molar-refractivity contribution in [3.63, 3.8) is 0 Å². The Morgan fingerprint density at radius 1 is 1.56 bits per heavy atom. The maximum Gasteiger partial charge on any atom is 0.242 e. The number of H-pyrrole nitrogens is 1. The highest BCUT2D eigenvalue weighted by Crippen LogP contribution is 2.28. The quantitative estimate of drug-likeness (QED) is 0.805. The lowest BCUT2D eigenvalue weighted by Gasteiger charge is -2.37. The number of anilines is 1. The number of hydrogen-bond donors (Lipinski definition) is 2. The average molecular weight is 345 g/mol. The minimum atomic E-state index is -0.136. The van der Waals surface area contributed by atoms with Crippen molar-refractivity contribution < 1.29 is 9.32 Å². The fraction of sp³-hybridized carbons (Fsp3) is 0.611. The summed E-state index contributed by atoms with van der Waals surface area (Å²) in [7, 11) is 0. The summed E-state index contributed by atoms with van der Waals surface area (Å²) in [6, 6.07) is 3.65. The van der Waals surface area contributed by atoms with Gasteiger partial charge in [-0.1, -0.05) is 24.9 Å². The third-order valence-corrected chi connectivity index (χ3v) is 4.87. The van der Waals surface area contributed by atoms with E-state index in [-0.39, 0.29) is 11.9 Å². The molecule has 0 aliphatic carbocycles. The number of unbranched alkanes of at least 4 members (excludes halogenated alkanes) is 1. The Labute approximate surface area is 148 Å². The number of nitrogens with zero attached hydrogens (tertiary/aromatic N) is 3. The SMILES string of the molecule is CCCC[C@@H](C(=O)Nc1cc(C)on1)N1CCC[C@@H](c2ccn[nH]2)C1. The van der Waals surface area contributed by atoms with Gasteiger partial charge in [0, 0.05) is 30.4 Å². The van der Waals surface area contributed by atoms with Gasteiger partial charge < -0.3 is 9.84 Å². The molecule has 3 rings (SSSR count). The van der Waals surface area contributed by atoms with Crippen LogP contribution < -0.4 is 5.32 Å². The molecule has 2 aromatic heterocycles. The molecule has 0 unspecified atom stereocenters. The predicted octanol–water partition coefficient (Wildman–Crippen LogP) is 3.08. The molecule has 7 nitrogen and oxygen atoms in total. The Balaban J connectivity index is 1.69. The van der Waals surface area contributed by atoms with Gasteiger partial charge in [-0.3, -0.25) is 14.8 Å². The molecule has 136 valence electrons. The Morgan fingerprint density at radius 2 is 2.44 bits per heavy atom. The molecule has 1 aliphatic heterocycles. The van der Waals surface area contributed by atoms with Gasteiger partial charge >= 0.3 is 0 Å². The monoisotopic (exact) mass is 345 g/mol. The molecule has 0 aromatic carbocycles. The van der Waals surface area contributed by atoms with Crippen LogP contribution in [-0.4, -0.2) is 45.3 Å². The zero-order valence-electron chi connectivity index (χ0n) is 15.0. The van der Waals surface area contributed by atoms with Crippen LogP contribution in [0.4, 0.5) is 5.82 Å². The smallest absolute Gasteiger partial charge is 0.242 e. The summed E-state index contributed by atoms with van der Waals surface area (Å²) in [6.45, 7) is 5.79. The normalized spacial score (nSPS) is 19.7. The first-order valence-electron chi connectivity index (χ1n) is 9.15. The third kappa shape index (κ3) is 4.48. The van der Waals surface area contributed by atoms with Gasteiger partial charge in [0.15, 0.2) is 5.82 Å². The van der Waals surface area contributed by atoms with Gasteiger partial charge in [0.25, 0.3) is 0 Å². The summed E-state index contributed by atoms with van der Waals surface area (Å²) < 4.78 is 5.05. The van der Waals surface area contributed by atoms with Gasteiger partial charge in [0.05, 0.1) is 6.04 Å². The number of hydrogen-bond acceptors (Lipinski definition) is 5. The summed E-state index contributed by atoms with van der Waals surface area (Å²) in [6.07, 6.45) is 6.97. The van der Waals surface area contributed by atoms with Crippen LogP contribution in [0.1, 0.15) is 56.4 Å². The average Bonchev–Trinajstić information content (AvgIpc) is 3.27. The molecular formula is C18H27N5O2. The van der Waals surface area contributed by atoms with Crippen molar-refractivity contribution in [2.24, 2.45) is 0 Å². The van der Waals surface area contributed by atoms with Gasteiger partial charge in [-0.25, -0.2) is 0 Å². The van der Waals surface area contributed by atoms with Gasteiger partial charge in [-0.15, -0.1) is 0 Å². The largest absolute Gasteiger partial charge is 0.360 e. The zero-order chi connectivity index (χ0) is 17.6. The van der Waals surface area contributed by atoms with Crippen molar-refractivity contribution in [1.29, 1.82) is 0 Å². The Kier molecular flexibility index (Phi) is 5.86. The number of aromatic amines is 1. The molecule has 0 saturated carbocycles. The van der Waals surface area contributed by atoms with Crippen LogP contribution in [0.5, 0.6) is 0 Å². The summed E-state index contributed by atoms with van der Waals surface area (Å²) >= 11 is 0. The second kappa shape index (κ2) is 8.29. The van der Waals surface area contributed by atoms with Crippen molar-refractivity contribution >= 4 is 11.7 Å². The van der Waals surface area contributed by atoms with Gasteiger partial charge in [0.1, 0.15) is 5.76 Å². The van der Waals surface area contributed by atoms with E-state index in [0.29, 0.717) is 17.5 Å². The maximum atomic E-state index is 12.9. The molecule has 2 N–H and O–H groups in total. The zero-order valence-corrected chi connectivity index (χ0v) is 15.0. The fourth-order valence-corrected chi connectivity index (χ4v) is 3.55. The third-order valence-electron chi connectivity index (χ3n) is 4.87. The van der Waals surface area contributed by atoms with Crippen LogP contribution in [0.2, 0.25) is 0 Å². The highest BCUT2D eigenvalue weighted by Gasteiger charge is 2.31. The lowest BCUT2D eigenvalue weighted by molar-refractivity contribution is -0.122. The van der Waals surface area contributed by atoms with Crippen LogP contribution in [-0.2, 0) is 4.79 Å². The number of piperidine rings is 1. The first-order valence-corrected chi connectivity index (χ1v) is 9.15. The molecular weight excluding hydrogens is 318 g/mol. The van der Waals surface area contributed by atoms with Crippen molar-refractivity contribution in [3.8, 4) is 0 Å². The minimum absolute atomic E-state index is 0.00649. The highest BCUT2D eigenvalue weighted by molar-refractivity contribution is 5.94. The van der Waals surface area contributed by atoms with Gasteiger partial charge in [-0.05, 0) is 38.8 Å². The summed E-state index contributed by atoms with van der Waals surface area (Å²) in [4.78, 5) is 15.2. The number of carbonyl (C=O) groups is 1. The number of likely N-dealkylation sites (tertiary alicyclic amines) is 1. The van der Waals surface area contributed by atoms with Crippen LogP contribution >= 0.6 is 0 Å². The first-order chi connectivity index (χ1) is 12.2. The molecule has 1 fully saturated rings. The molecule has 1 aliphatic rings. The fourth-order valence-electron chi connectivity index (χ4n) is 3.55. The number of carbonyl (C=O) groups excluding carboxylic acids is 1. The van der Waals surface area contributed by atoms with E-state index < -0.39 is 0 Å². The molecule has 1 amide bonds. The van der Waals surface area contributed by atoms with Crippen LogP contribution in [0.25, 0.3) is 0 Å². The van der Waals surface area contributed by atoms with E-state index >= 15 is 0 Å². The number of rotatable bonds is 7. The molecule has 7 heteroatoms. The predicted molar refractivity (Wildman–Crippen MR) is 95.3 cm³/mol. The minimum Gasteiger partial charge on any atom is -0.360 e. The highest BCUT2D eigenvalue weighted by atomic mass is 16.5. The number of amides is 1. The van der Waals surface area contributed by atoms with Crippen LogP contribution in [0.3, 0.4) is 0 Å². The number of aryl methyl sites for hydroxylation is 1. The van der Waals surface area contributed by atoms with E-state index in [1.807, 2.05) is 13.0 Å². The molecule has 2 atom stereocenters. The maximum absolute atomic E-state index is 12.9. The van der Waals surface area contributed by atoms with Crippen molar-refractivity contribution in [1.82, 2.24) is 20.3 Å². The molecule has 2 aromatic rings. The van der Waals surface area contributed by atoms with E-state index in [1.54, 1.807) is 12.3 Å². The molecule has 1 saturated heterocycles. The van der Waals surface area contributed by atoms with Crippen molar-refractivity contribution in [3.05, 3.63) is 29.8 Å². The van der Waals surface area contributed by atoms with E-state index in [9.17, 15) is 4.79 Å². The van der Waals surface area contributed by atoms with E-state index in [1.165, 1.54) is 0 Å². The topological polar surface area (TPSA) is 87.1 Å². The van der Waals surface area contributed by atoms with Gasteiger partial charge in [-0.2, -0.15) is 5.10 Å². The van der Waals surface area contributed by atoms with Gasteiger partial charge in [0.2, 0.25) is 5.91 Å². The van der Waals surface area contributed by atoms with E-state index in [4.69, 9.17) is 4.52 Å². The first kappa shape index (κ1) is 17.7. The lowest BCUT2D eigenvalue weighted by Crippen LogP contribution is -2.48. The molecule has 25 heavy (non-hydrogen) atoms. The second-order valence-electron chi connectivity index (χ2n) is 6.82. The second-order valence-corrected chi connectivity index (χ2v) is 6.82. The van der Waals surface area contributed by atoms with Crippen LogP contribution in [0, 0.1) is 6.92 Å². The van der Waals surface area contributed by atoms with Crippen molar-refractivity contribution in [2.75, 3.05) is 18.4 Å². The summed E-state index contributed by atoms with van der Waals surface area (Å²) in [5.74, 6) is 1.60. The number of aromatic nitrogens is 3. The molecule has 0 bridgehead atoms. The standard InChI is InChI=1S/C18H27N5O2/c1-3-4-7-16(18(24)20-17-11-13(2)25-22-17)23-10-5-6-14(12-23)15-8-9-19-21-15/h8-9,11,14,16H,3-7,10,12H2,1-2H3,(H,19,21)(H,20,22,24)/t14-,16+/m1/s1. The molecule has 3 heterocycles. The molecule has 0 radical (unpaired) electrons. The summed E-state index contributed by atoms with van der Waals surface area (Å²) in [5, 5.41) is 13.9. The Bertz CT molecular complexity index is 667. The van der Waals surface area contributed by atoms with E-state index in [2.05, 4.69) is 32.5 Å². The Hall–Kier alpha value is -2.15. The van der Waals surface area contributed by atoms with Crippen molar-refractivity contribution in [2.45, 2.75) is 57.9 Å². The van der Waals surface area contributed by atoms with E-state index in [0.717, 1.165) is 50.9 Å².